The number of hydrogen-bond donors (Lipinski definition) is 1. The Morgan fingerprint density at radius 3 is 2.31 bits per heavy atom. The first-order valence-corrected chi connectivity index (χ1v) is 9.67. The molecule has 1 N–H and O–H groups in total. The summed E-state index contributed by atoms with van der Waals surface area (Å²) in [6, 6.07) is 7.12. The van der Waals surface area contributed by atoms with Gasteiger partial charge < -0.3 is 14.8 Å². The fourth-order valence-electron chi connectivity index (χ4n) is 2.76. The van der Waals surface area contributed by atoms with Crippen molar-refractivity contribution in [3.8, 4) is 5.75 Å². The minimum atomic E-state index is -0.549. The van der Waals surface area contributed by atoms with E-state index in [9.17, 15) is 9.59 Å². The van der Waals surface area contributed by atoms with E-state index in [-0.39, 0.29) is 17.7 Å². The van der Waals surface area contributed by atoms with Crippen molar-refractivity contribution in [2.75, 3.05) is 23.7 Å². The Hall–Kier alpha value is -1.72. The predicted molar refractivity (Wildman–Crippen MR) is 103 cm³/mol. The number of amides is 1. The van der Waals surface area contributed by atoms with Crippen LogP contribution < -0.4 is 10.1 Å². The topological polar surface area (TPSA) is 64.6 Å². The Kier molecular flexibility index (Phi) is 8.26. The van der Waals surface area contributed by atoms with Gasteiger partial charge in [0.1, 0.15) is 11.9 Å². The molecule has 1 aliphatic rings. The van der Waals surface area contributed by atoms with Gasteiger partial charge >= 0.3 is 5.97 Å². The Bertz CT molecular complexity index is 629. The zero-order valence-corrected chi connectivity index (χ0v) is 16.1. The lowest BCUT2D eigenvalue weighted by Gasteiger charge is -2.27. The van der Waals surface area contributed by atoms with Crippen LogP contribution in [0.2, 0.25) is 0 Å². The summed E-state index contributed by atoms with van der Waals surface area (Å²) >= 11 is 11.5. The summed E-state index contributed by atoms with van der Waals surface area (Å²) in [6.45, 7) is 2.49. The number of rotatable bonds is 8. The van der Waals surface area contributed by atoms with Crippen molar-refractivity contribution in [1.29, 1.82) is 0 Å². The van der Waals surface area contributed by atoms with Crippen LogP contribution in [0.4, 0.5) is 5.69 Å². The maximum atomic E-state index is 12.7. The normalized spacial score (nSPS) is 19.2. The van der Waals surface area contributed by atoms with Gasteiger partial charge in [-0.3, -0.25) is 9.59 Å². The summed E-state index contributed by atoms with van der Waals surface area (Å²) < 4.78 is 10.7. The Morgan fingerprint density at radius 2 is 1.73 bits per heavy atom. The minimum absolute atomic E-state index is 0.126. The number of carbonyl (C=O) groups is 2. The molecule has 1 aliphatic carbocycles. The molecule has 0 spiro atoms. The molecular weight excluding hydrogens is 377 g/mol. The third kappa shape index (κ3) is 5.64. The van der Waals surface area contributed by atoms with Crippen LogP contribution in [0.5, 0.6) is 5.75 Å². The molecule has 0 saturated heterocycles. The molecule has 0 aliphatic heterocycles. The van der Waals surface area contributed by atoms with E-state index in [1.807, 2.05) is 19.1 Å². The maximum absolute atomic E-state index is 12.7. The fourth-order valence-corrected chi connectivity index (χ4v) is 3.21. The maximum Gasteiger partial charge on any atom is 0.310 e. The number of allylic oxidation sites excluding steroid dienone is 2. The first-order valence-electron chi connectivity index (χ1n) is 8.60. The molecule has 0 radical (unpaired) electrons. The van der Waals surface area contributed by atoms with Crippen LogP contribution in [-0.4, -0.2) is 36.3 Å². The van der Waals surface area contributed by atoms with Gasteiger partial charge in [-0.1, -0.05) is 12.2 Å². The summed E-state index contributed by atoms with van der Waals surface area (Å²) in [5, 5.41) is 2.86. The van der Waals surface area contributed by atoms with E-state index < -0.39 is 23.9 Å². The standard InChI is InChI=1S/C19H23Cl2NO4/c1-2-25-14-9-7-13(8-10-14)22-18(23)16-5-3-4-6-17(16)19(24)26-15(11-20)12-21/h3-4,7-10,15-17H,2,5-6,11-12H2,1H3,(H,22,23)/t16-,17-/m1/s1. The quantitative estimate of drug-likeness (QED) is 0.407. The number of ether oxygens (including phenoxy) is 2. The van der Waals surface area contributed by atoms with Gasteiger partial charge in [0.2, 0.25) is 5.91 Å². The van der Waals surface area contributed by atoms with Crippen molar-refractivity contribution in [3.63, 3.8) is 0 Å². The van der Waals surface area contributed by atoms with Crippen LogP contribution >= 0.6 is 23.2 Å². The summed E-state index contributed by atoms with van der Waals surface area (Å²) in [4.78, 5) is 25.1. The molecule has 0 fully saturated rings. The highest BCUT2D eigenvalue weighted by atomic mass is 35.5. The number of anilines is 1. The van der Waals surface area contributed by atoms with Crippen molar-refractivity contribution in [1.82, 2.24) is 0 Å². The molecule has 0 aromatic heterocycles. The van der Waals surface area contributed by atoms with E-state index in [1.54, 1.807) is 24.3 Å². The van der Waals surface area contributed by atoms with Crippen molar-refractivity contribution in [2.45, 2.75) is 25.9 Å². The first kappa shape index (κ1) is 20.6. The highest BCUT2D eigenvalue weighted by Crippen LogP contribution is 2.29. The van der Waals surface area contributed by atoms with Gasteiger partial charge in [0.25, 0.3) is 0 Å². The fraction of sp³-hybridized carbons (Fsp3) is 0.474. The lowest BCUT2D eigenvalue weighted by atomic mass is 9.82. The van der Waals surface area contributed by atoms with Crippen molar-refractivity contribution < 1.29 is 19.1 Å². The van der Waals surface area contributed by atoms with Crippen molar-refractivity contribution in [2.24, 2.45) is 11.8 Å². The predicted octanol–water partition coefficient (Wildman–Crippen LogP) is 4.00. The first-order chi connectivity index (χ1) is 12.6. The molecule has 7 heteroatoms. The number of nitrogens with one attached hydrogen (secondary N) is 1. The third-order valence-electron chi connectivity index (χ3n) is 4.13. The average molecular weight is 400 g/mol. The largest absolute Gasteiger partial charge is 0.494 e. The zero-order valence-electron chi connectivity index (χ0n) is 14.6. The number of esters is 1. The number of benzene rings is 1. The van der Waals surface area contributed by atoms with Crippen molar-refractivity contribution in [3.05, 3.63) is 36.4 Å². The van der Waals surface area contributed by atoms with Gasteiger partial charge in [-0.2, -0.15) is 0 Å². The van der Waals surface area contributed by atoms with E-state index in [0.29, 0.717) is 25.1 Å². The molecule has 1 amide bonds. The number of halogens is 2. The molecule has 1 aromatic carbocycles. The van der Waals surface area contributed by atoms with E-state index in [4.69, 9.17) is 32.7 Å². The summed E-state index contributed by atoms with van der Waals surface area (Å²) in [5.74, 6) is -0.703. The van der Waals surface area contributed by atoms with Gasteiger partial charge in [-0.25, -0.2) is 0 Å². The molecule has 0 saturated carbocycles. The molecule has 1 aromatic rings. The Balaban J connectivity index is 2.02. The molecular formula is C19H23Cl2NO4. The second-order valence-corrected chi connectivity index (χ2v) is 6.59. The molecule has 0 unspecified atom stereocenters. The van der Waals surface area contributed by atoms with Crippen molar-refractivity contribution >= 4 is 40.8 Å². The SMILES string of the molecule is CCOc1ccc(NC(=O)[C@@H]2CC=CC[C@H]2C(=O)OC(CCl)CCl)cc1. The van der Waals surface area contributed by atoms with Crippen LogP contribution in [0.15, 0.2) is 36.4 Å². The van der Waals surface area contributed by atoms with Gasteiger partial charge in [-0.15, -0.1) is 23.2 Å². The monoisotopic (exact) mass is 399 g/mol. The summed E-state index contributed by atoms with van der Waals surface area (Å²) in [7, 11) is 0. The van der Waals surface area contributed by atoms with Crippen LogP contribution in [0.1, 0.15) is 19.8 Å². The third-order valence-corrected chi connectivity index (χ3v) is 4.82. The smallest absolute Gasteiger partial charge is 0.310 e. The van der Waals surface area contributed by atoms with E-state index >= 15 is 0 Å². The van der Waals surface area contributed by atoms with Gasteiger partial charge in [0.15, 0.2) is 0 Å². The highest BCUT2D eigenvalue weighted by Gasteiger charge is 2.36. The second kappa shape index (κ2) is 10.4. The molecule has 26 heavy (non-hydrogen) atoms. The van der Waals surface area contributed by atoms with Crippen LogP contribution in [0.25, 0.3) is 0 Å². The molecule has 142 valence electrons. The number of hydrogen-bond acceptors (Lipinski definition) is 4. The molecule has 2 atom stereocenters. The Labute approximate surface area is 163 Å². The van der Waals surface area contributed by atoms with Crippen LogP contribution in [0.3, 0.4) is 0 Å². The van der Waals surface area contributed by atoms with E-state index in [1.165, 1.54) is 0 Å². The molecule has 5 nitrogen and oxygen atoms in total. The highest BCUT2D eigenvalue weighted by molar-refractivity contribution is 6.21. The van der Waals surface area contributed by atoms with Crippen LogP contribution in [0, 0.1) is 11.8 Å². The average Bonchev–Trinajstić information content (AvgIpc) is 2.67. The Morgan fingerprint density at radius 1 is 1.12 bits per heavy atom. The van der Waals surface area contributed by atoms with Crippen LogP contribution in [-0.2, 0) is 14.3 Å². The molecule has 0 bridgehead atoms. The molecule has 0 heterocycles. The number of carbonyl (C=O) groups excluding carboxylic acids is 2. The lowest BCUT2D eigenvalue weighted by Crippen LogP contribution is -2.37. The van der Waals surface area contributed by atoms with Gasteiger partial charge in [-0.05, 0) is 44.0 Å². The summed E-state index contributed by atoms with van der Waals surface area (Å²) in [5.41, 5.74) is 0.652. The number of alkyl halides is 2. The zero-order chi connectivity index (χ0) is 18.9. The summed E-state index contributed by atoms with van der Waals surface area (Å²) in [6.07, 6.45) is 4.19. The van der Waals surface area contributed by atoms with E-state index in [2.05, 4.69) is 5.32 Å². The van der Waals surface area contributed by atoms with Gasteiger partial charge in [0, 0.05) is 5.69 Å². The van der Waals surface area contributed by atoms with E-state index in [0.717, 1.165) is 5.75 Å². The minimum Gasteiger partial charge on any atom is -0.494 e. The second-order valence-electron chi connectivity index (χ2n) is 5.97. The molecule has 2 rings (SSSR count). The van der Waals surface area contributed by atoms with Gasteiger partial charge in [0.05, 0.1) is 30.2 Å². The lowest BCUT2D eigenvalue weighted by molar-refractivity contribution is -0.155.